The minimum atomic E-state index is -4.49. The normalized spacial score (nSPS) is 12.5. The van der Waals surface area contributed by atoms with Crippen molar-refractivity contribution in [2.45, 2.75) is 40.0 Å². The van der Waals surface area contributed by atoms with Crippen molar-refractivity contribution in [3.63, 3.8) is 0 Å². The first-order chi connectivity index (χ1) is 11.7. The summed E-state index contributed by atoms with van der Waals surface area (Å²) in [5.74, 6) is 0.435. The lowest BCUT2D eigenvalue weighted by Crippen LogP contribution is -2.36. The quantitative estimate of drug-likeness (QED) is 0.624. The van der Waals surface area contributed by atoms with Gasteiger partial charge in [0.25, 0.3) is 0 Å². The summed E-state index contributed by atoms with van der Waals surface area (Å²) in [6.45, 7) is 6.77. The predicted molar refractivity (Wildman–Crippen MR) is 91.5 cm³/mol. The van der Waals surface area contributed by atoms with E-state index in [0.29, 0.717) is 19.0 Å². The molecule has 6 nitrogen and oxygen atoms in total. The molecule has 2 heterocycles. The van der Waals surface area contributed by atoms with Crippen molar-refractivity contribution in [1.29, 1.82) is 0 Å². The molecule has 0 aromatic carbocycles. The standard InChI is InChI=1S/C15H21F3N6S/c1-5-19-14(21-7-12-22-9(2)10(3)25-12)20-6-11-8-24(4)23-13(11)15(16,17)18/h8H,5-7H2,1-4H3,(H2,19,20,21). The number of guanidine groups is 1. The zero-order chi connectivity index (χ0) is 18.6. The van der Waals surface area contributed by atoms with Crippen LogP contribution >= 0.6 is 11.3 Å². The van der Waals surface area contributed by atoms with Crippen molar-refractivity contribution < 1.29 is 13.2 Å². The van der Waals surface area contributed by atoms with E-state index in [-0.39, 0.29) is 12.1 Å². The number of halogens is 3. The van der Waals surface area contributed by atoms with E-state index < -0.39 is 11.9 Å². The highest BCUT2D eigenvalue weighted by atomic mass is 32.1. The highest BCUT2D eigenvalue weighted by molar-refractivity contribution is 7.11. The fraction of sp³-hybridized carbons (Fsp3) is 0.533. The van der Waals surface area contributed by atoms with Crippen LogP contribution in [-0.4, -0.2) is 27.3 Å². The van der Waals surface area contributed by atoms with Crippen LogP contribution in [0.4, 0.5) is 13.2 Å². The van der Waals surface area contributed by atoms with Crippen molar-refractivity contribution in [2.75, 3.05) is 6.54 Å². The van der Waals surface area contributed by atoms with Gasteiger partial charge in [0.15, 0.2) is 11.7 Å². The van der Waals surface area contributed by atoms with Gasteiger partial charge in [0.2, 0.25) is 0 Å². The average molecular weight is 374 g/mol. The van der Waals surface area contributed by atoms with E-state index in [4.69, 9.17) is 0 Å². The van der Waals surface area contributed by atoms with Crippen molar-refractivity contribution in [2.24, 2.45) is 12.0 Å². The van der Waals surface area contributed by atoms with Gasteiger partial charge in [0.1, 0.15) is 5.01 Å². The Labute approximate surface area is 148 Å². The Bertz CT molecular complexity index is 728. The number of aliphatic imine (C=N–C) groups is 1. The molecule has 0 saturated carbocycles. The van der Waals surface area contributed by atoms with Gasteiger partial charge in [-0.15, -0.1) is 11.3 Å². The fourth-order valence-corrected chi connectivity index (χ4v) is 3.05. The van der Waals surface area contributed by atoms with E-state index in [9.17, 15) is 13.2 Å². The molecular weight excluding hydrogens is 353 g/mol. The molecule has 2 rings (SSSR count). The van der Waals surface area contributed by atoms with Crippen LogP contribution in [0.5, 0.6) is 0 Å². The monoisotopic (exact) mass is 374 g/mol. The molecule has 0 atom stereocenters. The maximum Gasteiger partial charge on any atom is 0.435 e. The first-order valence-electron chi connectivity index (χ1n) is 7.75. The maximum atomic E-state index is 13.0. The smallest absolute Gasteiger partial charge is 0.357 e. The first kappa shape index (κ1) is 19.2. The zero-order valence-electron chi connectivity index (χ0n) is 14.5. The lowest BCUT2D eigenvalue weighted by atomic mass is 10.2. The molecule has 2 aromatic rings. The van der Waals surface area contributed by atoms with Crippen LogP contribution in [0.25, 0.3) is 0 Å². The van der Waals surface area contributed by atoms with E-state index in [1.54, 1.807) is 11.3 Å². The van der Waals surface area contributed by atoms with E-state index in [2.05, 4.69) is 25.7 Å². The minimum Gasteiger partial charge on any atom is -0.357 e. The lowest BCUT2D eigenvalue weighted by molar-refractivity contribution is -0.142. The average Bonchev–Trinajstić information content (AvgIpc) is 3.04. The molecule has 0 fully saturated rings. The predicted octanol–water partition coefficient (Wildman–Crippen LogP) is 2.77. The summed E-state index contributed by atoms with van der Waals surface area (Å²) in [6, 6.07) is 0. The van der Waals surface area contributed by atoms with Crippen LogP contribution in [0, 0.1) is 13.8 Å². The Morgan fingerprint density at radius 1 is 1.32 bits per heavy atom. The highest BCUT2D eigenvalue weighted by Gasteiger charge is 2.36. The van der Waals surface area contributed by atoms with Gasteiger partial charge in [-0.3, -0.25) is 4.68 Å². The molecule has 0 aliphatic rings. The Morgan fingerprint density at radius 2 is 2.04 bits per heavy atom. The van der Waals surface area contributed by atoms with Gasteiger partial charge in [-0.2, -0.15) is 18.3 Å². The number of nitrogens with zero attached hydrogens (tertiary/aromatic N) is 4. The summed E-state index contributed by atoms with van der Waals surface area (Å²) in [7, 11) is 1.46. The third kappa shape index (κ3) is 5.18. The van der Waals surface area contributed by atoms with Crippen LogP contribution in [0.15, 0.2) is 11.2 Å². The molecule has 0 unspecified atom stereocenters. The molecular formula is C15H21F3N6S. The van der Waals surface area contributed by atoms with Crippen molar-refractivity contribution in [3.8, 4) is 0 Å². The molecule has 0 amide bonds. The summed E-state index contributed by atoms with van der Waals surface area (Å²) < 4.78 is 40.1. The Morgan fingerprint density at radius 3 is 2.60 bits per heavy atom. The van der Waals surface area contributed by atoms with E-state index in [1.165, 1.54) is 13.2 Å². The summed E-state index contributed by atoms with van der Waals surface area (Å²) in [6.07, 6.45) is -3.16. The summed E-state index contributed by atoms with van der Waals surface area (Å²) in [4.78, 5) is 9.80. The number of thiazole rings is 1. The summed E-state index contributed by atoms with van der Waals surface area (Å²) in [5.41, 5.74) is 0.114. The Balaban J connectivity index is 2.09. The van der Waals surface area contributed by atoms with Gasteiger partial charge < -0.3 is 10.6 Å². The van der Waals surface area contributed by atoms with Gasteiger partial charge in [-0.1, -0.05) is 0 Å². The van der Waals surface area contributed by atoms with Crippen LogP contribution < -0.4 is 10.6 Å². The van der Waals surface area contributed by atoms with Gasteiger partial charge in [-0.05, 0) is 20.8 Å². The zero-order valence-corrected chi connectivity index (χ0v) is 15.3. The van der Waals surface area contributed by atoms with Crippen LogP contribution in [0.3, 0.4) is 0 Å². The van der Waals surface area contributed by atoms with E-state index in [0.717, 1.165) is 20.3 Å². The van der Waals surface area contributed by atoms with Crippen LogP contribution in [-0.2, 0) is 26.3 Å². The van der Waals surface area contributed by atoms with Crippen molar-refractivity contribution in [3.05, 3.63) is 33.0 Å². The molecule has 0 aliphatic carbocycles. The number of alkyl halides is 3. The third-order valence-electron chi connectivity index (χ3n) is 3.40. The number of rotatable bonds is 5. The second kappa shape index (κ2) is 7.85. The van der Waals surface area contributed by atoms with Gasteiger partial charge in [-0.25, -0.2) is 9.98 Å². The van der Waals surface area contributed by atoms with Crippen LogP contribution in [0.2, 0.25) is 0 Å². The Hall–Kier alpha value is -2.10. The SMILES string of the molecule is CCNC(=NCc1cn(C)nc1C(F)(F)F)NCc1nc(C)c(C)s1. The minimum absolute atomic E-state index is 0.0353. The van der Waals surface area contributed by atoms with Crippen molar-refractivity contribution >= 4 is 17.3 Å². The maximum absolute atomic E-state index is 13.0. The molecule has 0 saturated heterocycles. The van der Waals surface area contributed by atoms with E-state index >= 15 is 0 Å². The van der Waals surface area contributed by atoms with Gasteiger partial charge in [0.05, 0.1) is 18.8 Å². The van der Waals surface area contributed by atoms with E-state index in [1.807, 2.05) is 20.8 Å². The summed E-state index contributed by atoms with van der Waals surface area (Å²) in [5, 5.41) is 10.5. The molecule has 2 aromatic heterocycles. The lowest BCUT2D eigenvalue weighted by Gasteiger charge is -2.10. The molecule has 0 bridgehead atoms. The Kier molecular flexibility index (Phi) is 6.04. The van der Waals surface area contributed by atoms with Crippen LogP contribution in [0.1, 0.15) is 33.8 Å². The molecule has 0 radical (unpaired) electrons. The molecule has 0 spiro atoms. The molecule has 2 N–H and O–H groups in total. The molecule has 138 valence electrons. The van der Waals surface area contributed by atoms with Gasteiger partial charge >= 0.3 is 6.18 Å². The highest BCUT2D eigenvalue weighted by Crippen LogP contribution is 2.30. The number of hydrogen-bond donors (Lipinski definition) is 2. The molecule has 25 heavy (non-hydrogen) atoms. The third-order valence-corrected chi connectivity index (χ3v) is 4.48. The van der Waals surface area contributed by atoms with Crippen molar-refractivity contribution in [1.82, 2.24) is 25.4 Å². The fourth-order valence-electron chi connectivity index (χ4n) is 2.17. The topological polar surface area (TPSA) is 67.1 Å². The summed E-state index contributed by atoms with van der Waals surface area (Å²) >= 11 is 1.58. The van der Waals surface area contributed by atoms with Gasteiger partial charge in [0, 0.05) is 30.2 Å². The largest absolute Gasteiger partial charge is 0.435 e. The second-order valence-corrected chi connectivity index (χ2v) is 6.76. The number of aryl methyl sites for hydroxylation is 3. The second-order valence-electron chi connectivity index (χ2n) is 5.47. The number of nitrogens with one attached hydrogen (secondary N) is 2. The first-order valence-corrected chi connectivity index (χ1v) is 8.57. The molecule has 10 heteroatoms. The molecule has 0 aliphatic heterocycles. The number of hydrogen-bond acceptors (Lipinski definition) is 4. The number of aromatic nitrogens is 3.